The summed E-state index contributed by atoms with van der Waals surface area (Å²) in [5.74, 6) is 2.65. The van der Waals surface area contributed by atoms with Gasteiger partial charge in [-0.25, -0.2) is 0 Å². The van der Waals surface area contributed by atoms with Crippen LogP contribution >= 0.6 is 11.8 Å². The maximum atomic E-state index is 11.4. The van der Waals surface area contributed by atoms with Gasteiger partial charge in [0.2, 0.25) is 0 Å². The Labute approximate surface area is 235 Å². The number of nitrogens with zero attached hydrogens (tertiary/aromatic N) is 2. The van der Waals surface area contributed by atoms with E-state index >= 15 is 0 Å². The van der Waals surface area contributed by atoms with E-state index in [9.17, 15) is 15.0 Å². The van der Waals surface area contributed by atoms with Gasteiger partial charge in [0.15, 0.2) is 0 Å². The topological polar surface area (TPSA) is 92.1 Å². The van der Waals surface area contributed by atoms with E-state index in [-0.39, 0.29) is 6.42 Å². The zero-order valence-electron chi connectivity index (χ0n) is 22.9. The number of carboxylic acids is 1. The number of hydrogen-bond acceptors (Lipinski definition) is 7. The van der Waals surface area contributed by atoms with Crippen molar-refractivity contribution in [1.82, 2.24) is 9.88 Å². The molecule has 210 valence electrons. The lowest BCUT2D eigenvalue weighted by Gasteiger charge is -2.39. The molecule has 0 spiro atoms. The van der Waals surface area contributed by atoms with Gasteiger partial charge in [-0.05, 0) is 105 Å². The Bertz CT molecular complexity index is 1220. The molecule has 3 aromatic rings. The van der Waals surface area contributed by atoms with Gasteiger partial charge < -0.3 is 24.6 Å². The van der Waals surface area contributed by atoms with Crippen molar-refractivity contribution in [3.63, 3.8) is 0 Å². The number of aromatic nitrogens is 1. The molecule has 3 atom stereocenters. The molecule has 1 aliphatic rings. The third kappa shape index (κ3) is 8.10. The predicted molar refractivity (Wildman–Crippen MR) is 156 cm³/mol. The van der Waals surface area contributed by atoms with Crippen LogP contribution in [0.15, 0.2) is 59.6 Å². The van der Waals surface area contributed by atoms with E-state index in [1.54, 1.807) is 20.4 Å². The van der Waals surface area contributed by atoms with E-state index in [0.717, 1.165) is 77.5 Å². The lowest BCUT2D eigenvalue weighted by Crippen LogP contribution is -2.41. The molecule has 2 aromatic carbocycles. The summed E-state index contributed by atoms with van der Waals surface area (Å²) in [7, 11) is 3.34. The second-order valence-corrected chi connectivity index (χ2v) is 11.4. The number of fused-ring (bicyclic) bond motifs is 1. The summed E-state index contributed by atoms with van der Waals surface area (Å²) in [4.78, 5) is 19.5. The molecular formula is C31H40N2O5S. The summed E-state index contributed by atoms with van der Waals surface area (Å²) >= 11 is 1.82. The second kappa shape index (κ2) is 14.5. The van der Waals surface area contributed by atoms with E-state index in [1.807, 2.05) is 54.2 Å². The van der Waals surface area contributed by atoms with Gasteiger partial charge in [-0.15, -0.1) is 11.8 Å². The summed E-state index contributed by atoms with van der Waals surface area (Å²) in [6.07, 6.45) is 5.61. The van der Waals surface area contributed by atoms with Gasteiger partial charge >= 0.3 is 5.97 Å². The Morgan fingerprint density at radius 3 is 2.77 bits per heavy atom. The van der Waals surface area contributed by atoms with Crippen LogP contribution in [0.5, 0.6) is 11.5 Å². The molecule has 0 aliphatic carbocycles. The predicted octanol–water partition coefficient (Wildman–Crippen LogP) is 6.05. The highest BCUT2D eigenvalue weighted by Crippen LogP contribution is 2.35. The van der Waals surface area contributed by atoms with Gasteiger partial charge in [0.25, 0.3) is 0 Å². The van der Waals surface area contributed by atoms with Crippen molar-refractivity contribution in [2.75, 3.05) is 39.6 Å². The van der Waals surface area contributed by atoms with E-state index in [4.69, 9.17) is 9.47 Å². The number of benzene rings is 2. The van der Waals surface area contributed by atoms with Crippen molar-refractivity contribution in [3.8, 4) is 11.5 Å². The van der Waals surface area contributed by atoms with Crippen molar-refractivity contribution in [2.45, 2.75) is 49.5 Å². The van der Waals surface area contributed by atoms with Crippen LogP contribution in [0, 0.1) is 11.8 Å². The smallest absolute Gasteiger partial charge is 0.303 e. The number of aliphatic hydroxyl groups excluding tert-OH is 1. The monoisotopic (exact) mass is 552 g/mol. The standard InChI is InChI=1S/C31H40N2O5S/c1-37-24-10-11-27-26(20-24)25(14-16-32-27)28(34)12-8-22-15-18-33(21-23(22)9-13-31(35)36)17-5-19-39-30-7-4-3-6-29(30)38-2/h3-4,6-7,10-11,14,16,20,22-23,28,34H,5,8-9,12-13,15,17-19,21H2,1-2H3,(H,35,36)/t22-,23+,28?/m1/s1. The number of aliphatic hydroxyl groups is 1. The van der Waals surface area contributed by atoms with E-state index in [2.05, 4.69) is 16.0 Å². The molecule has 7 nitrogen and oxygen atoms in total. The van der Waals surface area contributed by atoms with Crippen LogP contribution in [0.3, 0.4) is 0 Å². The van der Waals surface area contributed by atoms with E-state index in [1.165, 1.54) is 0 Å². The number of hydrogen-bond donors (Lipinski definition) is 2. The number of carboxylic acid groups (broad SMARTS) is 1. The first-order valence-electron chi connectivity index (χ1n) is 13.8. The van der Waals surface area contributed by atoms with Crippen LogP contribution in [-0.4, -0.2) is 65.7 Å². The van der Waals surface area contributed by atoms with Crippen molar-refractivity contribution in [2.24, 2.45) is 11.8 Å². The SMILES string of the molecule is COc1ccc2nccc(C(O)CC[C@@H]3CCN(CCCSc4ccccc4OC)C[C@@H]3CCC(=O)O)c2c1. The van der Waals surface area contributed by atoms with Crippen LogP contribution in [0.2, 0.25) is 0 Å². The van der Waals surface area contributed by atoms with Crippen molar-refractivity contribution < 1.29 is 24.5 Å². The molecule has 0 amide bonds. The van der Waals surface area contributed by atoms with Crippen molar-refractivity contribution in [1.29, 1.82) is 0 Å². The molecule has 0 saturated carbocycles. The zero-order valence-corrected chi connectivity index (χ0v) is 23.7. The average Bonchev–Trinajstić information content (AvgIpc) is 2.97. The molecule has 0 radical (unpaired) electrons. The summed E-state index contributed by atoms with van der Waals surface area (Å²) in [6.45, 7) is 2.94. The van der Waals surface area contributed by atoms with Crippen molar-refractivity contribution in [3.05, 3.63) is 60.3 Å². The molecule has 4 rings (SSSR count). The number of pyridine rings is 1. The molecule has 39 heavy (non-hydrogen) atoms. The number of carbonyl (C=O) groups is 1. The molecule has 1 unspecified atom stereocenters. The van der Waals surface area contributed by atoms with Crippen LogP contribution in [-0.2, 0) is 4.79 Å². The third-order valence-electron chi connectivity index (χ3n) is 7.80. The lowest BCUT2D eigenvalue weighted by atomic mass is 9.79. The van der Waals surface area contributed by atoms with Gasteiger partial charge in [0.1, 0.15) is 11.5 Å². The minimum atomic E-state index is -0.740. The first-order valence-corrected chi connectivity index (χ1v) is 14.8. The number of piperidine rings is 1. The van der Waals surface area contributed by atoms with Gasteiger partial charge in [-0.2, -0.15) is 0 Å². The Morgan fingerprint density at radius 1 is 1.13 bits per heavy atom. The highest BCUT2D eigenvalue weighted by atomic mass is 32.2. The number of thioether (sulfide) groups is 1. The number of methoxy groups -OCH3 is 2. The molecule has 8 heteroatoms. The summed E-state index contributed by atoms with van der Waals surface area (Å²) < 4.78 is 10.8. The summed E-state index contributed by atoms with van der Waals surface area (Å²) in [6, 6.07) is 15.7. The molecule has 1 saturated heterocycles. The molecular weight excluding hydrogens is 512 g/mol. The normalized spacial score (nSPS) is 18.6. The average molecular weight is 553 g/mol. The molecule has 0 bridgehead atoms. The van der Waals surface area contributed by atoms with Crippen molar-refractivity contribution >= 4 is 28.6 Å². The number of ether oxygens (including phenoxy) is 2. The Morgan fingerprint density at radius 2 is 1.97 bits per heavy atom. The number of aliphatic carboxylic acids is 1. The van der Waals surface area contributed by atoms with Gasteiger partial charge in [-0.3, -0.25) is 9.78 Å². The molecule has 1 aromatic heterocycles. The molecule has 1 aliphatic heterocycles. The highest BCUT2D eigenvalue weighted by Gasteiger charge is 2.30. The van der Waals surface area contributed by atoms with Gasteiger partial charge in [0, 0.05) is 29.4 Å². The zero-order chi connectivity index (χ0) is 27.6. The third-order valence-corrected chi connectivity index (χ3v) is 8.94. The Hall–Kier alpha value is -2.81. The largest absolute Gasteiger partial charge is 0.497 e. The fourth-order valence-electron chi connectivity index (χ4n) is 5.68. The van der Waals surface area contributed by atoms with Crippen LogP contribution in [0.4, 0.5) is 0 Å². The van der Waals surface area contributed by atoms with Gasteiger partial charge in [-0.1, -0.05) is 12.1 Å². The lowest BCUT2D eigenvalue weighted by molar-refractivity contribution is -0.137. The fourth-order valence-corrected chi connectivity index (χ4v) is 6.64. The quantitative estimate of drug-likeness (QED) is 0.184. The van der Waals surface area contributed by atoms with E-state index < -0.39 is 12.1 Å². The molecule has 1 fully saturated rings. The molecule has 2 N–H and O–H groups in total. The minimum absolute atomic E-state index is 0.190. The summed E-state index contributed by atoms with van der Waals surface area (Å²) in [5.41, 5.74) is 1.70. The maximum Gasteiger partial charge on any atom is 0.303 e. The highest BCUT2D eigenvalue weighted by molar-refractivity contribution is 7.99. The Balaban J connectivity index is 1.32. The van der Waals surface area contributed by atoms with E-state index in [0.29, 0.717) is 24.7 Å². The van der Waals surface area contributed by atoms with Gasteiger partial charge in [0.05, 0.1) is 25.8 Å². The maximum absolute atomic E-state index is 11.4. The number of rotatable bonds is 14. The second-order valence-electron chi connectivity index (χ2n) is 10.3. The fraction of sp³-hybridized carbons (Fsp3) is 0.484. The number of para-hydroxylation sites is 1. The molecule has 2 heterocycles. The van der Waals surface area contributed by atoms with Crippen LogP contribution in [0.25, 0.3) is 10.9 Å². The first kappa shape index (κ1) is 29.2. The number of likely N-dealkylation sites (tertiary alicyclic amines) is 1. The van der Waals surface area contributed by atoms with Crippen LogP contribution in [0.1, 0.15) is 50.2 Å². The van der Waals surface area contributed by atoms with Crippen LogP contribution < -0.4 is 9.47 Å². The minimum Gasteiger partial charge on any atom is -0.497 e. The first-order chi connectivity index (χ1) is 19.0. The Kier molecular flexibility index (Phi) is 10.9. The summed E-state index contributed by atoms with van der Waals surface area (Å²) in [5, 5.41) is 21.4.